The van der Waals surface area contributed by atoms with Crippen LogP contribution in [0.2, 0.25) is 0 Å². The van der Waals surface area contributed by atoms with E-state index in [4.69, 9.17) is 9.97 Å². The first kappa shape index (κ1) is 34.6. The minimum absolute atomic E-state index is 0.0772. The van der Waals surface area contributed by atoms with Crippen molar-refractivity contribution in [1.82, 2.24) is 14.5 Å². The highest BCUT2D eigenvalue weighted by molar-refractivity contribution is 6.10. The molecule has 0 unspecified atom stereocenters. The fraction of sp³-hybridized carbons (Fsp3) is 0.172. The Kier molecular flexibility index (Phi) is 7.26. The normalized spacial score (nSPS) is 21.9. The van der Waals surface area contributed by atoms with Crippen molar-refractivity contribution in [2.75, 3.05) is 4.90 Å². The number of pyridine rings is 2. The van der Waals surface area contributed by atoms with Crippen LogP contribution in [-0.4, -0.2) is 14.5 Å². The summed E-state index contributed by atoms with van der Waals surface area (Å²) in [5.41, 5.74) is 17.4. The minimum Gasteiger partial charge on any atom is -0.309 e. The van der Waals surface area contributed by atoms with Crippen molar-refractivity contribution in [3.8, 4) is 27.9 Å². The molecule has 0 amide bonds. The van der Waals surface area contributed by atoms with Crippen LogP contribution in [0.25, 0.3) is 71.6 Å². The van der Waals surface area contributed by atoms with Gasteiger partial charge in [-0.15, -0.1) is 0 Å². The van der Waals surface area contributed by atoms with Crippen LogP contribution >= 0.6 is 0 Å². The van der Waals surface area contributed by atoms with Gasteiger partial charge in [-0.1, -0.05) is 115 Å². The van der Waals surface area contributed by atoms with Crippen LogP contribution in [0.1, 0.15) is 43.2 Å². The van der Waals surface area contributed by atoms with Crippen molar-refractivity contribution >= 4 is 60.7 Å². The first-order valence-electron chi connectivity index (χ1n) is 22.6. The Morgan fingerprint density at radius 3 is 1.90 bits per heavy atom. The van der Waals surface area contributed by atoms with Gasteiger partial charge in [0, 0.05) is 44.5 Å². The minimum atomic E-state index is -0.0772. The van der Waals surface area contributed by atoms with Gasteiger partial charge in [0.1, 0.15) is 0 Å². The number of nitrogens with zero attached hydrogens (tertiary/aromatic N) is 4. The molecule has 1 spiro atoms. The van der Waals surface area contributed by atoms with Crippen molar-refractivity contribution in [3.05, 3.63) is 193 Å². The molecule has 62 heavy (non-hydrogen) atoms. The quantitative estimate of drug-likeness (QED) is 0.163. The van der Waals surface area contributed by atoms with Gasteiger partial charge in [-0.25, -0.2) is 0 Å². The lowest BCUT2D eigenvalue weighted by atomic mass is 9.43. The molecule has 0 radical (unpaired) electrons. The van der Waals surface area contributed by atoms with E-state index in [0.717, 1.165) is 45.0 Å². The first-order valence-corrected chi connectivity index (χ1v) is 22.6. The van der Waals surface area contributed by atoms with Crippen LogP contribution < -0.4 is 4.90 Å². The number of anilines is 3. The summed E-state index contributed by atoms with van der Waals surface area (Å²) in [4.78, 5) is 12.4. The number of fused-ring (bicyclic) bond motifs is 9. The molecule has 4 fully saturated rings. The van der Waals surface area contributed by atoms with E-state index in [0.29, 0.717) is 11.8 Å². The average molecular weight is 797 g/mol. The van der Waals surface area contributed by atoms with Crippen LogP contribution in [0.5, 0.6) is 0 Å². The largest absolute Gasteiger partial charge is 0.309 e. The van der Waals surface area contributed by atoms with Gasteiger partial charge in [0.25, 0.3) is 0 Å². The van der Waals surface area contributed by atoms with Crippen LogP contribution in [-0.2, 0) is 5.41 Å². The Labute approximate surface area is 361 Å². The lowest BCUT2D eigenvalue weighted by Crippen LogP contribution is -2.55. The Morgan fingerprint density at radius 2 is 1.15 bits per heavy atom. The standard InChI is InChI=1S/C58H44N4/c1-2-10-38(11-3-1)39-21-23-44(24-22-39)61(46-33-41-20-19-40-12-9-27-59-56(40)57(41)60-35-46)45-25-26-47-50-15-8-18-54(62-52-16-6-4-13-48(52)49-14-5-7-17-53(49)62)55(50)58(51(47)34-45)42-29-36-28-37(31-42)32-43(58)30-36/h1-27,33-37,42-43H,28-32H2. The molecule has 4 nitrogen and oxygen atoms in total. The first-order chi connectivity index (χ1) is 30.7. The molecule has 10 aromatic rings. The van der Waals surface area contributed by atoms with Crippen molar-refractivity contribution in [3.63, 3.8) is 0 Å². The van der Waals surface area contributed by atoms with E-state index in [1.165, 1.54) is 93.1 Å². The summed E-state index contributed by atoms with van der Waals surface area (Å²) in [5.74, 6) is 2.89. The number of aromatic nitrogens is 3. The monoisotopic (exact) mass is 796 g/mol. The molecule has 7 aromatic carbocycles. The Balaban J connectivity index is 1.00. The Hall–Kier alpha value is -7.04. The van der Waals surface area contributed by atoms with Gasteiger partial charge >= 0.3 is 0 Å². The van der Waals surface area contributed by atoms with Crippen LogP contribution in [0.15, 0.2) is 182 Å². The average Bonchev–Trinajstić information content (AvgIpc) is 3.82. The number of hydrogen-bond acceptors (Lipinski definition) is 3. The molecule has 3 heterocycles. The van der Waals surface area contributed by atoms with E-state index in [9.17, 15) is 0 Å². The number of hydrogen-bond donors (Lipinski definition) is 0. The summed E-state index contributed by atoms with van der Waals surface area (Å²) in [6, 6.07) is 63.3. The third kappa shape index (κ3) is 4.78. The van der Waals surface area contributed by atoms with E-state index in [1.807, 2.05) is 12.3 Å². The molecular formula is C58H44N4. The zero-order valence-electron chi connectivity index (χ0n) is 34.5. The van der Waals surface area contributed by atoms with Crippen LogP contribution in [0, 0.1) is 23.7 Å². The predicted octanol–water partition coefficient (Wildman–Crippen LogP) is 14.7. The predicted molar refractivity (Wildman–Crippen MR) is 255 cm³/mol. The highest BCUT2D eigenvalue weighted by atomic mass is 15.1. The van der Waals surface area contributed by atoms with Crippen molar-refractivity contribution in [2.45, 2.75) is 37.5 Å². The molecule has 0 aliphatic heterocycles. The van der Waals surface area contributed by atoms with Gasteiger partial charge in [-0.2, -0.15) is 0 Å². The number of para-hydroxylation sites is 2. The molecule has 4 saturated carbocycles. The summed E-state index contributed by atoms with van der Waals surface area (Å²) in [6.07, 6.45) is 10.6. The molecule has 4 heteroatoms. The van der Waals surface area contributed by atoms with Crippen LogP contribution in [0.4, 0.5) is 17.1 Å². The zero-order chi connectivity index (χ0) is 40.5. The van der Waals surface area contributed by atoms with Gasteiger partial charge < -0.3 is 9.47 Å². The smallest absolute Gasteiger partial charge is 0.0966 e. The van der Waals surface area contributed by atoms with Crippen LogP contribution in [0.3, 0.4) is 0 Å². The number of rotatable bonds is 5. The molecule has 15 rings (SSSR count). The van der Waals surface area contributed by atoms with Crippen molar-refractivity contribution in [1.29, 1.82) is 0 Å². The maximum Gasteiger partial charge on any atom is 0.0966 e. The molecule has 296 valence electrons. The second-order valence-corrected chi connectivity index (χ2v) is 18.6. The van der Waals surface area contributed by atoms with E-state index in [2.05, 4.69) is 179 Å². The summed E-state index contributed by atoms with van der Waals surface area (Å²) < 4.78 is 2.61. The lowest BCUT2D eigenvalue weighted by Gasteiger charge is -2.61. The summed E-state index contributed by atoms with van der Waals surface area (Å²) in [7, 11) is 0. The second kappa shape index (κ2) is 13.0. The Bertz CT molecular complexity index is 3350. The molecule has 3 aromatic heterocycles. The third-order valence-corrected chi connectivity index (χ3v) is 15.6. The second-order valence-electron chi connectivity index (χ2n) is 18.6. The molecule has 0 saturated heterocycles. The zero-order valence-corrected chi connectivity index (χ0v) is 34.5. The van der Waals surface area contributed by atoms with Gasteiger partial charge in [-0.3, -0.25) is 9.97 Å². The third-order valence-electron chi connectivity index (χ3n) is 15.6. The van der Waals surface area contributed by atoms with Gasteiger partial charge in [0.05, 0.1) is 39.6 Å². The molecule has 0 atom stereocenters. The van der Waals surface area contributed by atoms with E-state index < -0.39 is 0 Å². The summed E-state index contributed by atoms with van der Waals surface area (Å²) in [6.45, 7) is 0. The van der Waals surface area contributed by atoms with E-state index in [-0.39, 0.29) is 5.41 Å². The maximum absolute atomic E-state index is 5.18. The van der Waals surface area contributed by atoms with Gasteiger partial charge in [-0.05, 0) is 144 Å². The van der Waals surface area contributed by atoms with Crippen molar-refractivity contribution < 1.29 is 0 Å². The molecular weight excluding hydrogens is 753 g/mol. The topological polar surface area (TPSA) is 34.0 Å². The number of benzene rings is 7. The summed E-state index contributed by atoms with van der Waals surface area (Å²) in [5, 5.41) is 4.83. The molecule has 5 aliphatic rings. The molecule has 5 aliphatic carbocycles. The highest BCUT2D eigenvalue weighted by Gasteiger charge is 2.62. The summed E-state index contributed by atoms with van der Waals surface area (Å²) >= 11 is 0. The van der Waals surface area contributed by atoms with Crippen molar-refractivity contribution in [2.24, 2.45) is 23.7 Å². The highest BCUT2D eigenvalue weighted by Crippen LogP contribution is 2.70. The molecule has 0 N–H and O–H groups in total. The molecule has 4 bridgehead atoms. The maximum atomic E-state index is 5.18. The lowest BCUT2D eigenvalue weighted by molar-refractivity contribution is -0.0399. The van der Waals surface area contributed by atoms with E-state index in [1.54, 1.807) is 5.56 Å². The van der Waals surface area contributed by atoms with Gasteiger partial charge in [0.2, 0.25) is 0 Å². The SMILES string of the molecule is c1ccc(-c2ccc(N(c3ccc4c(c3)C3(c5c-4cccc5-n4c5ccccc5c5ccccc54)C4CC5CC(C4)CC3C5)c3cnc4c(ccc5cccnc54)c3)cc2)cc1. The fourth-order valence-electron chi connectivity index (χ4n) is 13.5. The fourth-order valence-corrected chi connectivity index (χ4v) is 13.5. The van der Waals surface area contributed by atoms with E-state index >= 15 is 0 Å². The van der Waals surface area contributed by atoms with Gasteiger partial charge in [0.15, 0.2) is 0 Å². The Morgan fingerprint density at radius 1 is 0.484 bits per heavy atom.